The zero-order valence-corrected chi connectivity index (χ0v) is 10.1. The number of hydrogen-bond acceptors (Lipinski definition) is 2. The topological polar surface area (TPSA) is 3.24 Å². The summed E-state index contributed by atoms with van der Waals surface area (Å²) >= 11 is 2.07. The smallest absolute Gasteiger partial charge is 0.0445 e. The number of nitrogens with zero attached hydrogens (tertiary/aromatic N) is 1. The zero-order valence-electron chi connectivity index (χ0n) is 9.31. The third kappa shape index (κ3) is 4.37. The van der Waals surface area contributed by atoms with Crippen LogP contribution in [0.2, 0.25) is 0 Å². The Bertz CT molecular complexity index is 139. The lowest BCUT2D eigenvalue weighted by atomic mass is 9.85. The lowest BCUT2D eigenvalue weighted by Gasteiger charge is -2.23. The van der Waals surface area contributed by atoms with E-state index in [0.717, 1.165) is 0 Å². The maximum absolute atomic E-state index is 2.58. The van der Waals surface area contributed by atoms with E-state index in [1.54, 1.807) is 0 Å². The summed E-state index contributed by atoms with van der Waals surface area (Å²) in [6.07, 6.45) is 4.06. The van der Waals surface area contributed by atoms with E-state index in [-0.39, 0.29) is 0 Å². The van der Waals surface area contributed by atoms with Crippen LogP contribution in [0.3, 0.4) is 0 Å². The molecule has 1 rings (SSSR count). The van der Waals surface area contributed by atoms with Gasteiger partial charge in [-0.25, -0.2) is 0 Å². The maximum atomic E-state index is 2.58. The molecule has 1 fully saturated rings. The molecule has 78 valence electrons. The first-order valence-corrected chi connectivity index (χ1v) is 6.59. The average molecular weight is 201 g/mol. The van der Waals surface area contributed by atoms with Gasteiger partial charge in [-0.2, -0.15) is 0 Å². The van der Waals surface area contributed by atoms with Gasteiger partial charge in [0.1, 0.15) is 0 Å². The minimum absolute atomic E-state index is 0.562. The first kappa shape index (κ1) is 11.4. The van der Waals surface area contributed by atoms with Gasteiger partial charge in [-0.15, -0.1) is 11.8 Å². The summed E-state index contributed by atoms with van der Waals surface area (Å²) in [7, 11) is 0. The quantitative estimate of drug-likeness (QED) is 0.672. The summed E-state index contributed by atoms with van der Waals surface area (Å²) < 4.78 is 0. The summed E-state index contributed by atoms with van der Waals surface area (Å²) in [4.78, 5) is 2.58. The minimum atomic E-state index is 0.562. The molecule has 1 aliphatic heterocycles. The van der Waals surface area contributed by atoms with Gasteiger partial charge in [0.15, 0.2) is 0 Å². The highest BCUT2D eigenvalue weighted by Gasteiger charge is 2.16. The van der Waals surface area contributed by atoms with Gasteiger partial charge < -0.3 is 0 Å². The van der Waals surface area contributed by atoms with E-state index in [2.05, 4.69) is 37.4 Å². The molecule has 0 bridgehead atoms. The second-order valence-electron chi connectivity index (χ2n) is 4.78. The van der Waals surface area contributed by atoms with Crippen molar-refractivity contribution in [3.8, 4) is 0 Å². The fraction of sp³-hybridized carbons (Fsp3) is 1.00. The normalized spacial score (nSPS) is 19.6. The van der Waals surface area contributed by atoms with Crippen LogP contribution in [-0.4, -0.2) is 29.6 Å². The van der Waals surface area contributed by atoms with E-state index >= 15 is 0 Å². The Morgan fingerprint density at radius 2 is 2.15 bits per heavy atom. The van der Waals surface area contributed by atoms with Crippen molar-refractivity contribution >= 4 is 11.8 Å². The monoisotopic (exact) mass is 201 g/mol. The highest BCUT2D eigenvalue weighted by atomic mass is 32.2. The second-order valence-corrected chi connectivity index (χ2v) is 5.85. The second kappa shape index (κ2) is 5.26. The summed E-state index contributed by atoms with van der Waals surface area (Å²) in [6.45, 7) is 9.69. The van der Waals surface area contributed by atoms with Crippen LogP contribution in [0.4, 0.5) is 0 Å². The molecule has 0 unspecified atom stereocenters. The van der Waals surface area contributed by atoms with Crippen LogP contribution >= 0.6 is 11.8 Å². The van der Waals surface area contributed by atoms with Gasteiger partial charge in [-0.3, -0.25) is 4.90 Å². The third-order valence-electron chi connectivity index (χ3n) is 3.11. The van der Waals surface area contributed by atoms with Crippen molar-refractivity contribution in [2.75, 3.05) is 24.7 Å². The average Bonchev–Trinajstić information content (AvgIpc) is 2.57. The van der Waals surface area contributed by atoms with Crippen molar-refractivity contribution in [3.63, 3.8) is 0 Å². The first-order valence-electron chi connectivity index (χ1n) is 5.44. The van der Waals surface area contributed by atoms with Crippen molar-refractivity contribution in [2.45, 2.75) is 40.0 Å². The number of hydrogen-bond donors (Lipinski definition) is 0. The molecule has 0 amide bonds. The molecular weight excluding hydrogens is 178 g/mol. The molecule has 0 aromatic rings. The molecule has 0 radical (unpaired) electrons. The van der Waals surface area contributed by atoms with Gasteiger partial charge in [0, 0.05) is 18.2 Å². The molecule has 1 heterocycles. The molecule has 0 aliphatic carbocycles. The van der Waals surface area contributed by atoms with E-state index < -0.39 is 0 Å². The van der Waals surface area contributed by atoms with Gasteiger partial charge in [-0.05, 0) is 24.8 Å². The van der Waals surface area contributed by atoms with Crippen LogP contribution < -0.4 is 0 Å². The van der Waals surface area contributed by atoms with Crippen LogP contribution in [0, 0.1) is 5.41 Å². The van der Waals surface area contributed by atoms with Crippen molar-refractivity contribution in [3.05, 3.63) is 0 Å². The first-order chi connectivity index (χ1) is 6.14. The fourth-order valence-corrected chi connectivity index (χ4v) is 2.62. The van der Waals surface area contributed by atoms with Crippen molar-refractivity contribution in [2.24, 2.45) is 5.41 Å². The van der Waals surface area contributed by atoms with Crippen LogP contribution in [0.1, 0.15) is 40.0 Å². The lowest BCUT2D eigenvalue weighted by Crippen LogP contribution is -2.22. The predicted molar refractivity (Wildman–Crippen MR) is 62.2 cm³/mol. The van der Waals surface area contributed by atoms with Crippen LogP contribution in [-0.2, 0) is 0 Å². The summed E-state index contributed by atoms with van der Waals surface area (Å²) in [6, 6.07) is 0. The third-order valence-corrected chi connectivity index (χ3v) is 4.13. The Kier molecular flexibility index (Phi) is 4.60. The molecule has 2 heteroatoms. The minimum Gasteiger partial charge on any atom is -0.293 e. The Balaban J connectivity index is 2.06. The van der Waals surface area contributed by atoms with Gasteiger partial charge in [0.05, 0.1) is 0 Å². The van der Waals surface area contributed by atoms with E-state index in [1.807, 2.05) is 0 Å². The molecule has 0 aromatic carbocycles. The van der Waals surface area contributed by atoms with E-state index in [9.17, 15) is 0 Å². The highest BCUT2D eigenvalue weighted by Crippen LogP contribution is 2.26. The Morgan fingerprint density at radius 1 is 1.38 bits per heavy atom. The van der Waals surface area contributed by atoms with Crippen LogP contribution in [0.5, 0.6) is 0 Å². The number of thioether (sulfide) groups is 1. The molecule has 1 saturated heterocycles. The zero-order chi connectivity index (χ0) is 9.73. The van der Waals surface area contributed by atoms with Crippen LogP contribution in [0.15, 0.2) is 0 Å². The van der Waals surface area contributed by atoms with Gasteiger partial charge in [0.2, 0.25) is 0 Å². The van der Waals surface area contributed by atoms with Gasteiger partial charge in [0.25, 0.3) is 0 Å². The standard InChI is InChI=1S/C11H23NS/c1-4-11(2,3)6-5-7-12-8-9-13-10-12/h4-10H2,1-3H3. The Morgan fingerprint density at radius 3 is 2.69 bits per heavy atom. The summed E-state index contributed by atoms with van der Waals surface area (Å²) in [5.74, 6) is 2.61. The summed E-state index contributed by atoms with van der Waals surface area (Å²) in [5, 5.41) is 0. The maximum Gasteiger partial charge on any atom is 0.0445 e. The highest BCUT2D eigenvalue weighted by molar-refractivity contribution is 7.99. The van der Waals surface area contributed by atoms with Crippen molar-refractivity contribution < 1.29 is 0 Å². The SMILES string of the molecule is CCC(C)(C)CCCN1CCSC1. The van der Waals surface area contributed by atoms with Gasteiger partial charge >= 0.3 is 0 Å². The van der Waals surface area contributed by atoms with Crippen LogP contribution in [0.25, 0.3) is 0 Å². The van der Waals surface area contributed by atoms with E-state index in [1.165, 1.54) is 44.0 Å². The molecule has 1 nitrogen and oxygen atoms in total. The molecule has 0 aromatic heterocycles. The van der Waals surface area contributed by atoms with E-state index in [4.69, 9.17) is 0 Å². The summed E-state index contributed by atoms with van der Waals surface area (Å²) in [5.41, 5.74) is 0.562. The molecule has 1 aliphatic rings. The Labute approximate surface area is 87.3 Å². The molecular formula is C11H23NS. The lowest BCUT2D eigenvalue weighted by molar-refractivity contribution is 0.273. The Hall–Kier alpha value is 0.310. The van der Waals surface area contributed by atoms with E-state index in [0.29, 0.717) is 5.41 Å². The molecule has 13 heavy (non-hydrogen) atoms. The molecule has 0 atom stereocenters. The van der Waals surface area contributed by atoms with Crippen molar-refractivity contribution in [1.82, 2.24) is 4.90 Å². The van der Waals surface area contributed by atoms with Gasteiger partial charge in [-0.1, -0.05) is 27.2 Å². The predicted octanol–water partition coefficient (Wildman–Crippen LogP) is 3.21. The molecule has 0 spiro atoms. The fourth-order valence-electron chi connectivity index (χ4n) is 1.59. The molecule has 0 saturated carbocycles. The molecule has 0 N–H and O–H groups in total. The van der Waals surface area contributed by atoms with Crippen molar-refractivity contribution in [1.29, 1.82) is 0 Å². The largest absolute Gasteiger partial charge is 0.293 e. The number of rotatable bonds is 5.